The van der Waals surface area contributed by atoms with Crippen molar-refractivity contribution in [3.05, 3.63) is 18.1 Å². The molecule has 7 atom stereocenters. The van der Waals surface area contributed by atoms with Crippen LogP contribution in [0.15, 0.2) is 11.6 Å². The molecule has 7 heteroatoms. The molecule has 0 bridgehead atoms. The second-order valence-electron chi connectivity index (χ2n) is 10.0. The highest BCUT2D eigenvalue weighted by Crippen LogP contribution is 2.51. The molecule has 2 radical (unpaired) electrons. The van der Waals surface area contributed by atoms with E-state index in [0.717, 1.165) is 50.8 Å². The molecule has 7 nitrogen and oxygen atoms in total. The molecule has 180 valence electrons. The van der Waals surface area contributed by atoms with Crippen LogP contribution in [-0.4, -0.2) is 71.9 Å². The lowest BCUT2D eigenvalue weighted by Crippen LogP contribution is -2.57. The predicted octanol–water partition coefficient (Wildman–Crippen LogP) is 2.86. The molecule has 0 aromatic heterocycles. The monoisotopic (exact) mass is 448 g/mol. The Morgan fingerprint density at radius 3 is 2.72 bits per heavy atom. The number of nitrogens with zero attached hydrogens (tertiary/aromatic N) is 2. The van der Waals surface area contributed by atoms with Gasteiger partial charge >= 0.3 is 5.97 Å². The lowest BCUT2D eigenvalue weighted by molar-refractivity contribution is -0.176. The van der Waals surface area contributed by atoms with E-state index in [1.165, 1.54) is 19.1 Å². The maximum Gasteiger partial charge on any atom is 0.303 e. The van der Waals surface area contributed by atoms with Crippen molar-refractivity contribution in [1.29, 1.82) is 0 Å². The molecule has 1 saturated heterocycles. The molecule has 3 rings (SSSR count). The van der Waals surface area contributed by atoms with Crippen LogP contribution in [0.1, 0.15) is 59.8 Å². The van der Waals surface area contributed by atoms with E-state index >= 15 is 0 Å². The third kappa shape index (κ3) is 5.05. The number of hydroxylamine groups is 2. The summed E-state index contributed by atoms with van der Waals surface area (Å²) in [6.07, 6.45) is 9.66. The van der Waals surface area contributed by atoms with Gasteiger partial charge in [-0.25, -0.2) is 5.06 Å². The van der Waals surface area contributed by atoms with E-state index in [1.807, 2.05) is 6.92 Å². The summed E-state index contributed by atoms with van der Waals surface area (Å²) in [6, 6.07) is -0.160. The molecule has 32 heavy (non-hydrogen) atoms. The van der Waals surface area contributed by atoms with E-state index in [4.69, 9.17) is 9.57 Å². The summed E-state index contributed by atoms with van der Waals surface area (Å²) in [5.74, 6) is 0.151. The summed E-state index contributed by atoms with van der Waals surface area (Å²) in [5.41, 5.74) is -0.196. The van der Waals surface area contributed by atoms with Crippen LogP contribution in [0.4, 0.5) is 0 Å². The average molecular weight is 449 g/mol. The lowest BCUT2D eigenvalue weighted by Gasteiger charge is -2.53. The van der Waals surface area contributed by atoms with Gasteiger partial charge in [-0.1, -0.05) is 26.3 Å². The molecule has 3 aliphatic rings. The van der Waals surface area contributed by atoms with Crippen LogP contribution >= 0.6 is 0 Å². The van der Waals surface area contributed by atoms with Gasteiger partial charge in [-0.3, -0.25) is 19.3 Å². The number of carbonyl (C=O) groups excluding carboxylic acids is 2. The number of esters is 1. The summed E-state index contributed by atoms with van der Waals surface area (Å²) < 4.78 is 5.42. The van der Waals surface area contributed by atoms with Crippen molar-refractivity contribution >= 4 is 11.9 Å². The van der Waals surface area contributed by atoms with Crippen molar-refractivity contribution in [1.82, 2.24) is 9.96 Å². The van der Waals surface area contributed by atoms with E-state index in [1.54, 1.807) is 7.05 Å². The molecule has 0 spiro atoms. The molecular weight excluding hydrogens is 408 g/mol. The largest absolute Gasteiger partial charge is 0.457 e. The first kappa shape index (κ1) is 25.2. The van der Waals surface area contributed by atoms with Crippen LogP contribution < -0.4 is 0 Å². The van der Waals surface area contributed by atoms with Crippen LogP contribution in [-0.2, 0) is 19.2 Å². The Morgan fingerprint density at radius 2 is 2.06 bits per heavy atom. The van der Waals surface area contributed by atoms with Gasteiger partial charge < -0.3 is 9.84 Å². The fraction of sp³-hybridized carbons (Fsp3) is 0.800. The van der Waals surface area contributed by atoms with Crippen LogP contribution in [0.3, 0.4) is 0 Å². The molecule has 2 aliphatic carbocycles. The number of aliphatic hydroxyl groups is 1. The van der Waals surface area contributed by atoms with E-state index in [9.17, 15) is 14.7 Å². The lowest BCUT2D eigenvalue weighted by atomic mass is 9.57. The number of piperidine rings is 1. The van der Waals surface area contributed by atoms with E-state index in [2.05, 4.69) is 31.2 Å². The summed E-state index contributed by atoms with van der Waals surface area (Å²) in [4.78, 5) is 31.8. The van der Waals surface area contributed by atoms with Crippen molar-refractivity contribution in [2.24, 2.45) is 23.7 Å². The number of hydrogen-bond acceptors (Lipinski definition) is 6. The van der Waals surface area contributed by atoms with Crippen molar-refractivity contribution < 1.29 is 24.3 Å². The Kier molecular flexibility index (Phi) is 8.05. The maximum atomic E-state index is 12.8. The molecule has 1 aliphatic heterocycles. The van der Waals surface area contributed by atoms with E-state index in [0.29, 0.717) is 0 Å². The molecule has 1 heterocycles. The van der Waals surface area contributed by atoms with E-state index < -0.39 is 11.7 Å². The number of ether oxygens (including phenoxy) is 1. The molecule has 1 saturated carbocycles. The van der Waals surface area contributed by atoms with Gasteiger partial charge in [0, 0.05) is 26.4 Å². The highest BCUT2D eigenvalue weighted by molar-refractivity contribution is 5.80. The summed E-state index contributed by atoms with van der Waals surface area (Å²) in [7, 11) is 3.19. The minimum Gasteiger partial charge on any atom is -0.457 e. The molecule has 1 N–H and O–H groups in total. The first-order valence-electron chi connectivity index (χ1n) is 12.0. The van der Waals surface area contributed by atoms with Crippen LogP contribution in [0.5, 0.6) is 0 Å². The van der Waals surface area contributed by atoms with Crippen molar-refractivity contribution in [3.63, 3.8) is 0 Å². The standard InChI is InChI=1S/C25H40N2O5/c1-16-13-21-20(11-10-18(3)25(21,30)14-23(16)32-19(4)28)17(2)15-27-12-8-7-9-22(27)24(29)26(5)31-6/h13,17-18,20-23,30H,7-12,15H2,1-6H3/t17-,18-,20+,21-,22?,23-,25-/m1/s1. The van der Waals surface area contributed by atoms with Gasteiger partial charge in [-0.05, 0) is 62.5 Å². The van der Waals surface area contributed by atoms with Gasteiger partial charge in [-0.2, -0.15) is 0 Å². The number of rotatable bonds is 6. The normalized spacial score (nSPS) is 36.6. The first-order chi connectivity index (χ1) is 15.1. The Labute approximate surface area is 193 Å². The Balaban J connectivity index is 1.78. The second kappa shape index (κ2) is 10.2. The molecule has 1 unspecified atom stereocenters. The number of amides is 1. The van der Waals surface area contributed by atoms with E-state index in [-0.39, 0.29) is 41.6 Å². The predicted molar refractivity (Wildman–Crippen MR) is 121 cm³/mol. The first-order valence-corrected chi connectivity index (χ1v) is 12.0. The van der Waals surface area contributed by atoms with Crippen LogP contribution in [0, 0.1) is 30.1 Å². The number of fused-ring (bicyclic) bond motifs is 1. The maximum absolute atomic E-state index is 12.8. The minimum absolute atomic E-state index is 0.00691. The van der Waals surface area contributed by atoms with Crippen LogP contribution in [0.25, 0.3) is 0 Å². The zero-order valence-electron chi connectivity index (χ0n) is 20.5. The van der Waals surface area contributed by atoms with Crippen molar-refractivity contribution in [2.45, 2.75) is 77.5 Å². The molecule has 0 aromatic rings. The van der Waals surface area contributed by atoms with Gasteiger partial charge in [0.25, 0.3) is 5.91 Å². The minimum atomic E-state index is -1.12. The summed E-state index contributed by atoms with van der Waals surface area (Å²) in [6.45, 7) is 9.33. The Bertz CT molecular complexity index is 725. The van der Waals surface area contributed by atoms with Crippen molar-refractivity contribution in [2.75, 3.05) is 27.2 Å². The fourth-order valence-corrected chi connectivity index (χ4v) is 5.90. The third-order valence-corrected chi connectivity index (χ3v) is 7.89. The average Bonchev–Trinajstić information content (AvgIpc) is 2.75. The molecule has 1 amide bonds. The topological polar surface area (TPSA) is 79.3 Å². The number of likely N-dealkylation sites (N-methyl/N-ethyl adjacent to an activating group) is 1. The third-order valence-electron chi connectivity index (χ3n) is 7.89. The Hall–Kier alpha value is -1.44. The zero-order valence-corrected chi connectivity index (χ0v) is 20.5. The van der Waals surface area contributed by atoms with Gasteiger partial charge in [0.05, 0.1) is 25.2 Å². The van der Waals surface area contributed by atoms with Gasteiger partial charge in [0.1, 0.15) is 6.10 Å². The van der Waals surface area contributed by atoms with Gasteiger partial charge in [0.15, 0.2) is 0 Å². The second-order valence-corrected chi connectivity index (χ2v) is 10.0. The van der Waals surface area contributed by atoms with Crippen molar-refractivity contribution in [3.8, 4) is 0 Å². The highest BCUT2D eigenvalue weighted by atomic mass is 16.7. The SMILES string of the molecule is CON(C)C(=O)C1CCCCN1C[C@@H](C)[C@@H]1CC[C@@H](C)[C@]2(O)[C][C@@H](OC(C)=O)C(C)=C[C@H]12. The smallest absolute Gasteiger partial charge is 0.303 e. The fourth-order valence-electron chi connectivity index (χ4n) is 5.90. The molecular formula is C25H40N2O5. The summed E-state index contributed by atoms with van der Waals surface area (Å²) >= 11 is 0. The number of likely N-dealkylation sites (tertiary alicyclic amines) is 1. The summed E-state index contributed by atoms with van der Waals surface area (Å²) in [5, 5.41) is 13.0. The highest BCUT2D eigenvalue weighted by Gasteiger charge is 2.53. The van der Waals surface area contributed by atoms with Crippen LogP contribution in [0.2, 0.25) is 0 Å². The quantitative estimate of drug-likeness (QED) is 0.382. The molecule has 2 fully saturated rings. The van der Waals surface area contributed by atoms with Gasteiger partial charge in [-0.15, -0.1) is 0 Å². The number of hydrogen-bond donors (Lipinski definition) is 1. The zero-order chi connectivity index (χ0) is 23.6. The molecule has 0 aromatic carbocycles. The Morgan fingerprint density at radius 1 is 1.34 bits per heavy atom. The van der Waals surface area contributed by atoms with Gasteiger partial charge in [0.2, 0.25) is 0 Å². The number of carbonyl (C=O) groups is 2.